The van der Waals surface area contributed by atoms with Gasteiger partial charge in [0, 0.05) is 42.5 Å². The molecule has 2 atom stereocenters. The highest BCUT2D eigenvalue weighted by atomic mass is 16.4. The lowest BCUT2D eigenvalue weighted by molar-refractivity contribution is 0.0366. The van der Waals surface area contributed by atoms with Crippen LogP contribution in [0.4, 0.5) is 10.5 Å². The summed E-state index contributed by atoms with van der Waals surface area (Å²) >= 11 is 0. The second kappa shape index (κ2) is 6.82. The number of rotatable bonds is 3. The van der Waals surface area contributed by atoms with Crippen LogP contribution >= 0.6 is 0 Å². The SMILES string of the molecule is CC(C)(C)C1CC(CCN2Cc3c(N)cccc3C2=O)CCN1C(=O)O. The Morgan fingerprint density at radius 3 is 2.69 bits per heavy atom. The minimum absolute atomic E-state index is 0.0147. The van der Waals surface area contributed by atoms with Gasteiger partial charge in [0.05, 0.1) is 0 Å². The van der Waals surface area contributed by atoms with Gasteiger partial charge in [-0.1, -0.05) is 26.8 Å². The molecule has 26 heavy (non-hydrogen) atoms. The molecule has 0 saturated carbocycles. The van der Waals surface area contributed by atoms with E-state index in [9.17, 15) is 14.7 Å². The van der Waals surface area contributed by atoms with Crippen molar-refractivity contribution in [3.8, 4) is 0 Å². The maximum absolute atomic E-state index is 12.6. The van der Waals surface area contributed by atoms with Gasteiger partial charge in [-0.25, -0.2) is 4.79 Å². The van der Waals surface area contributed by atoms with Crippen molar-refractivity contribution >= 4 is 17.7 Å². The lowest BCUT2D eigenvalue weighted by atomic mass is 9.76. The summed E-state index contributed by atoms with van der Waals surface area (Å²) in [6.45, 7) is 8.14. The highest BCUT2D eigenvalue weighted by Gasteiger charge is 2.39. The van der Waals surface area contributed by atoms with Gasteiger partial charge in [-0.2, -0.15) is 0 Å². The lowest BCUT2D eigenvalue weighted by Gasteiger charge is -2.44. The molecule has 2 aliphatic heterocycles. The van der Waals surface area contributed by atoms with E-state index in [4.69, 9.17) is 5.73 Å². The van der Waals surface area contributed by atoms with Gasteiger partial charge in [-0.15, -0.1) is 0 Å². The van der Waals surface area contributed by atoms with Gasteiger partial charge in [0.2, 0.25) is 0 Å². The van der Waals surface area contributed by atoms with Crippen molar-refractivity contribution in [2.75, 3.05) is 18.8 Å². The lowest BCUT2D eigenvalue weighted by Crippen LogP contribution is -2.51. The average molecular weight is 359 g/mol. The number of hydrogen-bond donors (Lipinski definition) is 2. The number of anilines is 1. The molecule has 2 amide bonds. The van der Waals surface area contributed by atoms with Crippen LogP contribution in [0.2, 0.25) is 0 Å². The second-order valence-corrected chi connectivity index (χ2v) is 8.64. The topological polar surface area (TPSA) is 86.9 Å². The number of carbonyl (C=O) groups excluding carboxylic acids is 1. The number of carbonyl (C=O) groups is 2. The number of nitrogens with zero attached hydrogens (tertiary/aromatic N) is 2. The number of fused-ring (bicyclic) bond motifs is 1. The molecular weight excluding hydrogens is 330 g/mol. The van der Waals surface area contributed by atoms with E-state index in [1.165, 1.54) is 0 Å². The van der Waals surface area contributed by atoms with Gasteiger partial charge in [0.1, 0.15) is 0 Å². The van der Waals surface area contributed by atoms with Crippen molar-refractivity contribution in [2.24, 2.45) is 11.3 Å². The van der Waals surface area contributed by atoms with E-state index in [0.29, 0.717) is 31.2 Å². The molecular formula is C20H29N3O3. The highest BCUT2D eigenvalue weighted by Crippen LogP contribution is 2.36. The quantitative estimate of drug-likeness (QED) is 0.810. The van der Waals surface area contributed by atoms with Gasteiger partial charge in [-0.05, 0) is 42.7 Å². The summed E-state index contributed by atoms with van der Waals surface area (Å²) in [5.74, 6) is 0.492. The van der Waals surface area contributed by atoms with Crippen LogP contribution in [0.3, 0.4) is 0 Å². The Morgan fingerprint density at radius 2 is 2.08 bits per heavy atom. The normalized spacial score (nSPS) is 23.3. The third-order valence-corrected chi connectivity index (χ3v) is 5.84. The zero-order valence-electron chi connectivity index (χ0n) is 15.9. The Balaban J connectivity index is 1.62. The fraction of sp³-hybridized carbons (Fsp3) is 0.600. The monoisotopic (exact) mass is 359 g/mol. The molecule has 1 aromatic rings. The second-order valence-electron chi connectivity index (χ2n) is 8.64. The van der Waals surface area contributed by atoms with Crippen molar-refractivity contribution in [1.82, 2.24) is 9.80 Å². The fourth-order valence-electron chi connectivity index (χ4n) is 4.28. The van der Waals surface area contributed by atoms with Gasteiger partial charge in [0.25, 0.3) is 5.91 Å². The summed E-state index contributed by atoms with van der Waals surface area (Å²) in [6.07, 6.45) is 1.78. The van der Waals surface area contributed by atoms with E-state index in [1.54, 1.807) is 4.90 Å². The number of nitrogens with two attached hydrogens (primary N) is 1. The van der Waals surface area contributed by atoms with Crippen LogP contribution in [-0.4, -0.2) is 46.0 Å². The molecule has 6 nitrogen and oxygen atoms in total. The number of piperidine rings is 1. The molecule has 1 aromatic carbocycles. The summed E-state index contributed by atoms with van der Waals surface area (Å²) in [4.78, 5) is 27.6. The summed E-state index contributed by atoms with van der Waals surface area (Å²) in [5.41, 5.74) is 8.25. The third kappa shape index (κ3) is 3.50. The van der Waals surface area contributed by atoms with Crippen LogP contribution in [-0.2, 0) is 6.54 Å². The Bertz CT molecular complexity index is 711. The smallest absolute Gasteiger partial charge is 0.407 e. The zero-order chi connectivity index (χ0) is 19.1. The van der Waals surface area contributed by atoms with Crippen LogP contribution in [0, 0.1) is 11.3 Å². The highest BCUT2D eigenvalue weighted by molar-refractivity contribution is 5.99. The molecule has 0 radical (unpaired) electrons. The Hall–Kier alpha value is -2.24. The number of likely N-dealkylation sites (tertiary alicyclic amines) is 1. The minimum Gasteiger partial charge on any atom is -0.465 e. The fourth-order valence-corrected chi connectivity index (χ4v) is 4.28. The molecule has 1 fully saturated rings. The molecule has 0 bridgehead atoms. The van der Waals surface area contributed by atoms with E-state index < -0.39 is 6.09 Å². The first-order valence-corrected chi connectivity index (χ1v) is 9.34. The molecule has 3 rings (SSSR count). The van der Waals surface area contributed by atoms with E-state index in [0.717, 1.165) is 30.4 Å². The molecule has 2 heterocycles. The Kier molecular flexibility index (Phi) is 4.86. The summed E-state index contributed by atoms with van der Waals surface area (Å²) in [6, 6.07) is 5.52. The van der Waals surface area contributed by atoms with Crippen molar-refractivity contribution < 1.29 is 14.7 Å². The van der Waals surface area contributed by atoms with Crippen molar-refractivity contribution in [2.45, 2.75) is 52.6 Å². The van der Waals surface area contributed by atoms with Crippen LogP contribution < -0.4 is 5.73 Å². The molecule has 3 N–H and O–H groups in total. The van der Waals surface area contributed by atoms with Crippen molar-refractivity contribution in [3.63, 3.8) is 0 Å². The number of hydrogen-bond acceptors (Lipinski definition) is 3. The van der Waals surface area contributed by atoms with Crippen LogP contribution in [0.5, 0.6) is 0 Å². The van der Waals surface area contributed by atoms with E-state index in [-0.39, 0.29) is 17.4 Å². The predicted octanol–water partition coefficient (Wildman–Crippen LogP) is 3.42. The molecule has 2 aliphatic rings. The first-order valence-electron chi connectivity index (χ1n) is 9.34. The predicted molar refractivity (Wildman–Crippen MR) is 101 cm³/mol. The van der Waals surface area contributed by atoms with E-state index >= 15 is 0 Å². The van der Waals surface area contributed by atoms with Gasteiger partial charge in [0.15, 0.2) is 0 Å². The minimum atomic E-state index is -0.830. The first kappa shape index (κ1) is 18.5. The molecule has 1 saturated heterocycles. The standard InChI is InChI=1S/C20H29N3O3/c1-20(2,3)17-11-13(8-10-23(17)19(25)26)7-9-22-12-15-14(18(22)24)5-4-6-16(15)21/h4-6,13,17H,7-12,21H2,1-3H3,(H,25,26). The molecule has 6 heteroatoms. The summed E-state index contributed by atoms with van der Waals surface area (Å²) in [7, 11) is 0. The maximum Gasteiger partial charge on any atom is 0.407 e. The van der Waals surface area contributed by atoms with Gasteiger partial charge >= 0.3 is 6.09 Å². The average Bonchev–Trinajstić information content (AvgIpc) is 2.90. The summed E-state index contributed by atoms with van der Waals surface area (Å²) in [5, 5.41) is 9.48. The number of benzene rings is 1. The number of nitrogen functional groups attached to an aromatic ring is 1. The number of carboxylic acid groups (broad SMARTS) is 1. The molecule has 0 spiro atoms. The largest absolute Gasteiger partial charge is 0.465 e. The van der Waals surface area contributed by atoms with Crippen molar-refractivity contribution in [3.05, 3.63) is 29.3 Å². The Labute approximate surface area is 155 Å². The molecule has 2 unspecified atom stereocenters. The van der Waals surface area contributed by atoms with Crippen LogP contribution in [0.15, 0.2) is 18.2 Å². The number of amides is 2. The van der Waals surface area contributed by atoms with E-state index in [1.807, 2.05) is 23.1 Å². The third-order valence-electron chi connectivity index (χ3n) is 5.84. The molecule has 0 aliphatic carbocycles. The van der Waals surface area contributed by atoms with Crippen molar-refractivity contribution in [1.29, 1.82) is 0 Å². The maximum atomic E-state index is 12.6. The molecule has 142 valence electrons. The van der Waals surface area contributed by atoms with Gasteiger partial charge in [-0.3, -0.25) is 4.79 Å². The van der Waals surface area contributed by atoms with Crippen LogP contribution in [0.1, 0.15) is 56.0 Å². The van der Waals surface area contributed by atoms with Crippen LogP contribution in [0.25, 0.3) is 0 Å². The van der Waals surface area contributed by atoms with E-state index in [2.05, 4.69) is 20.8 Å². The summed E-state index contributed by atoms with van der Waals surface area (Å²) < 4.78 is 0. The zero-order valence-corrected chi connectivity index (χ0v) is 15.9. The Morgan fingerprint density at radius 1 is 1.35 bits per heavy atom. The first-order chi connectivity index (χ1) is 12.2. The van der Waals surface area contributed by atoms with Gasteiger partial charge < -0.3 is 20.6 Å². The molecule has 0 aromatic heterocycles.